The van der Waals surface area contributed by atoms with Gasteiger partial charge in [-0.05, 0) is 31.9 Å². The Bertz CT molecular complexity index is 452. The Morgan fingerprint density at radius 3 is 2.26 bits per heavy atom. The largest absolute Gasteiger partial charge is 0.481 e. The van der Waals surface area contributed by atoms with Crippen LogP contribution in [0.25, 0.3) is 0 Å². The van der Waals surface area contributed by atoms with E-state index in [9.17, 15) is 14.7 Å². The van der Waals surface area contributed by atoms with E-state index < -0.39 is 11.9 Å². The van der Waals surface area contributed by atoms with Crippen LogP contribution in [0.4, 0.5) is 0 Å². The minimum absolute atomic E-state index is 0.0157. The highest BCUT2D eigenvalue weighted by Crippen LogP contribution is 2.24. The number of hydrogen-bond donors (Lipinski definition) is 1. The van der Waals surface area contributed by atoms with Crippen molar-refractivity contribution in [2.45, 2.75) is 33.1 Å². The molecule has 19 heavy (non-hydrogen) atoms. The third-order valence-corrected chi connectivity index (χ3v) is 3.36. The lowest BCUT2D eigenvalue weighted by atomic mass is 9.91. The van der Waals surface area contributed by atoms with Gasteiger partial charge >= 0.3 is 5.97 Å². The first kappa shape index (κ1) is 15.2. The molecule has 1 amide bonds. The van der Waals surface area contributed by atoms with Crippen LogP contribution < -0.4 is 0 Å². The molecule has 104 valence electrons. The number of carbonyl (C=O) groups excluding carboxylic acids is 1. The molecule has 1 unspecified atom stereocenters. The van der Waals surface area contributed by atoms with Gasteiger partial charge in [-0.25, -0.2) is 0 Å². The number of carbonyl (C=O) groups is 2. The number of aryl methyl sites for hydroxylation is 1. The van der Waals surface area contributed by atoms with E-state index in [4.69, 9.17) is 0 Å². The summed E-state index contributed by atoms with van der Waals surface area (Å²) < 4.78 is 0. The summed E-state index contributed by atoms with van der Waals surface area (Å²) in [7, 11) is 0. The lowest BCUT2D eigenvalue weighted by Gasteiger charge is -2.22. The van der Waals surface area contributed by atoms with Crippen molar-refractivity contribution in [2.75, 3.05) is 13.1 Å². The van der Waals surface area contributed by atoms with Gasteiger partial charge in [-0.3, -0.25) is 9.59 Å². The standard InChI is InChI=1S/C15H21NO3/c1-4-16(5-2)14(17)10-13(15(18)19)12-9-7-6-8-11(12)3/h6-9,13H,4-5,10H2,1-3H3,(H,18,19). The summed E-state index contributed by atoms with van der Waals surface area (Å²) in [6, 6.07) is 7.32. The first-order valence-corrected chi connectivity index (χ1v) is 6.57. The van der Waals surface area contributed by atoms with Gasteiger partial charge in [-0.1, -0.05) is 24.3 Å². The molecule has 1 aromatic rings. The van der Waals surface area contributed by atoms with Crippen molar-refractivity contribution in [3.05, 3.63) is 35.4 Å². The molecule has 0 radical (unpaired) electrons. The molecule has 0 saturated carbocycles. The smallest absolute Gasteiger partial charge is 0.311 e. The van der Waals surface area contributed by atoms with Crippen molar-refractivity contribution in [3.8, 4) is 0 Å². The maximum atomic E-state index is 12.1. The molecule has 1 N–H and O–H groups in total. The van der Waals surface area contributed by atoms with E-state index in [1.54, 1.807) is 17.0 Å². The van der Waals surface area contributed by atoms with E-state index in [2.05, 4.69) is 0 Å². The molecule has 0 aliphatic heterocycles. The highest BCUT2D eigenvalue weighted by molar-refractivity contribution is 5.86. The quantitative estimate of drug-likeness (QED) is 0.857. The maximum absolute atomic E-state index is 12.1. The lowest BCUT2D eigenvalue weighted by Crippen LogP contribution is -2.33. The topological polar surface area (TPSA) is 57.6 Å². The number of benzene rings is 1. The van der Waals surface area contributed by atoms with Gasteiger partial charge in [0.05, 0.1) is 5.92 Å². The Morgan fingerprint density at radius 1 is 1.21 bits per heavy atom. The van der Waals surface area contributed by atoms with E-state index in [1.807, 2.05) is 32.9 Å². The zero-order chi connectivity index (χ0) is 14.4. The molecule has 0 fully saturated rings. The number of amides is 1. The number of rotatable bonds is 6. The fraction of sp³-hybridized carbons (Fsp3) is 0.467. The number of nitrogens with zero attached hydrogens (tertiary/aromatic N) is 1. The van der Waals surface area contributed by atoms with Crippen LogP contribution in [0.3, 0.4) is 0 Å². The molecule has 0 aliphatic carbocycles. The van der Waals surface area contributed by atoms with Gasteiger partial charge < -0.3 is 10.0 Å². The zero-order valence-electron chi connectivity index (χ0n) is 11.7. The average Bonchev–Trinajstić information content (AvgIpc) is 2.38. The summed E-state index contributed by atoms with van der Waals surface area (Å²) in [4.78, 5) is 25.1. The highest BCUT2D eigenvalue weighted by atomic mass is 16.4. The zero-order valence-corrected chi connectivity index (χ0v) is 11.7. The van der Waals surface area contributed by atoms with Crippen LogP contribution in [0.1, 0.15) is 37.3 Å². The Morgan fingerprint density at radius 2 is 1.79 bits per heavy atom. The normalized spacial score (nSPS) is 11.9. The van der Waals surface area contributed by atoms with Gasteiger partial charge in [0.2, 0.25) is 5.91 Å². The molecule has 0 saturated heterocycles. The van der Waals surface area contributed by atoms with Crippen molar-refractivity contribution in [3.63, 3.8) is 0 Å². The molecule has 4 heteroatoms. The summed E-state index contributed by atoms with van der Waals surface area (Å²) >= 11 is 0. The monoisotopic (exact) mass is 263 g/mol. The van der Waals surface area contributed by atoms with Crippen molar-refractivity contribution in [1.82, 2.24) is 4.90 Å². The molecule has 0 aromatic heterocycles. The minimum Gasteiger partial charge on any atom is -0.481 e. The Labute approximate surface area is 114 Å². The third-order valence-electron chi connectivity index (χ3n) is 3.36. The Balaban J connectivity index is 2.95. The van der Waals surface area contributed by atoms with Gasteiger partial charge in [0, 0.05) is 19.5 Å². The van der Waals surface area contributed by atoms with E-state index in [1.165, 1.54) is 0 Å². The minimum atomic E-state index is -0.949. The van der Waals surface area contributed by atoms with Crippen LogP contribution in [-0.2, 0) is 9.59 Å². The van der Waals surface area contributed by atoms with Gasteiger partial charge in [-0.15, -0.1) is 0 Å². The molecule has 1 rings (SSSR count). The second-order valence-electron chi connectivity index (χ2n) is 4.52. The van der Waals surface area contributed by atoms with Crippen LogP contribution in [-0.4, -0.2) is 35.0 Å². The summed E-state index contributed by atoms with van der Waals surface area (Å²) in [6.07, 6.45) is 0.0157. The highest BCUT2D eigenvalue weighted by Gasteiger charge is 2.26. The fourth-order valence-electron chi connectivity index (χ4n) is 2.19. The third kappa shape index (κ3) is 3.81. The van der Waals surface area contributed by atoms with Gasteiger partial charge in [0.1, 0.15) is 0 Å². The second kappa shape index (κ2) is 6.92. The number of aliphatic carboxylic acids is 1. The van der Waals surface area contributed by atoms with Crippen LogP contribution in [0.5, 0.6) is 0 Å². The van der Waals surface area contributed by atoms with Crippen LogP contribution in [0.2, 0.25) is 0 Å². The number of hydrogen-bond acceptors (Lipinski definition) is 2. The number of carboxylic acid groups (broad SMARTS) is 1. The maximum Gasteiger partial charge on any atom is 0.311 e. The van der Waals surface area contributed by atoms with Crippen molar-refractivity contribution >= 4 is 11.9 Å². The van der Waals surface area contributed by atoms with Crippen LogP contribution in [0, 0.1) is 6.92 Å². The van der Waals surface area contributed by atoms with Crippen molar-refractivity contribution in [2.24, 2.45) is 0 Å². The molecule has 0 spiro atoms. The molecule has 1 aromatic carbocycles. The summed E-state index contributed by atoms with van der Waals surface area (Å²) in [5.74, 6) is -1.83. The molecule has 0 heterocycles. The second-order valence-corrected chi connectivity index (χ2v) is 4.52. The molecular weight excluding hydrogens is 242 g/mol. The summed E-state index contributed by atoms with van der Waals surface area (Å²) in [6.45, 7) is 6.87. The lowest BCUT2D eigenvalue weighted by molar-refractivity contribution is -0.142. The van der Waals surface area contributed by atoms with Gasteiger partial charge in [0.25, 0.3) is 0 Å². The van der Waals surface area contributed by atoms with E-state index in [-0.39, 0.29) is 12.3 Å². The fourth-order valence-corrected chi connectivity index (χ4v) is 2.19. The molecule has 4 nitrogen and oxygen atoms in total. The van der Waals surface area contributed by atoms with Crippen LogP contribution in [0.15, 0.2) is 24.3 Å². The Kier molecular flexibility index (Phi) is 5.55. The van der Waals surface area contributed by atoms with E-state index >= 15 is 0 Å². The summed E-state index contributed by atoms with van der Waals surface area (Å²) in [5.41, 5.74) is 1.62. The van der Waals surface area contributed by atoms with E-state index in [0.29, 0.717) is 13.1 Å². The molecular formula is C15H21NO3. The molecule has 1 atom stereocenters. The Hall–Kier alpha value is -1.84. The van der Waals surface area contributed by atoms with Gasteiger partial charge in [0.15, 0.2) is 0 Å². The molecule has 0 bridgehead atoms. The van der Waals surface area contributed by atoms with Crippen molar-refractivity contribution < 1.29 is 14.7 Å². The van der Waals surface area contributed by atoms with Crippen molar-refractivity contribution in [1.29, 1.82) is 0 Å². The predicted molar refractivity (Wildman–Crippen MR) is 74.1 cm³/mol. The van der Waals surface area contributed by atoms with Gasteiger partial charge in [-0.2, -0.15) is 0 Å². The van der Waals surface area contributed by atoms with E-state index in [0.717, 1.165) is 11.1 Å². The number of carboxylic acids is 1. The molecule has 0 aliphatic rings. The first-order valence-electron chi connectivity index (χ1n) is 6.57. The average molecular weight is 263 g/mol. The van der Waals surface area contributed by atoms with Crippen LogP contribution >= 0.6 is 0 Å². The predicted octanol–water partition coefficient (Wildman–Crippen LogP) is 2.42. The first-order chi connectivity index (χ1) is 9.01. The summed E-state index contributed by atoms with van der Waals surface area (Å²) in [5, 5.41) is 9.36. The SMILES string of the molecule is CCN(CC)C(=O)CC(C(=O)O)c1ccccc1C.